The number of hydrogen-bond donors (Lipinski definition) is 1. The first-order valence-corrected chi connectivity index (χ1v) is 6.93. The highest BCUT2D eigenvalue weighted by molar-refractivity contribution is 5.92. The van der Waals surface area contributed by atoms with Crippen molar-refractivity contribution in [2.75, 3.05) is 0 Å². The molecular formula is C16H13F3N2O2. The Morgan fingerprint density at radius 1 is 1.13 bits per heavy atom. The summed E-state index contributed by atoms with van der Waals surface area (Å²) >= 11 is 0. The molecule has 1 heterocycles. The van der Waals surface area contributed by atoms with Gasteiger partial charge < -0.3 is 10.5 Å². The van der Waals surface area contributed by atoms with Crippen molar-refractivity contribution in [1.82, 2.24) is 4.98 Å². The summed E-state index contributed by atoms with van der Waals surface area (Å²) in [5, 5.41) is 0. The van der Waals surface area contributed by atoms with Crippen molar-refractivity contribution in [3.05, 3.63) is 53.7 Å². The second-order valence-corrected chi connectivity index (χ2v) is 5.46. The summed E-state index contributed by atoms with van der Waals surface area (Å²) in [6.45, 7) is 0. The Balaban J connectivity index is 1.74. The number of aromatic nitrogens is 1. The van der Waals surface area contributed by atoms with E-state index < -0.39 is 17.5 Å². The Kier molecular flexibility index (Phi) is 3.50. The fourth-order valence-electron chi connectivity index (χ4n) is 2.41. The highest BCUT2D eigenvalue weighted by Gasteiger charge is 2.64. The van der Waals surface area contributed by atoms with Gasteiger partial charge in [-0.2, -0.15) is 13.2 Å². The van der Waals surface area contributed by atoms with Crippen LogP contribution < -0.4 is 10.5 Å². The first kappa shape index (κ1) is 15.3. The van der Waals surface area contributed by atoms with Crippen molar-refractivity contribution in [2.24, 2.45) is 5.73 Å². The number of benzene rings is 1. The van der Waals surface area contributed by atoms with Gasteiger partial charge in [0.25, 0.3) is 0 Å². The number of ether oxygens (including phenoxy) is 1. The van der Waals surface area contributed by atoms with E-state index in [9.17, 15) is 18.0 Å². The average molecular weight is 322 g/mol. The van der Waals surface area contributed by atoms with E-state index in [1.165, 1.54) is 42.6 Å². The van der Waals surface area contributed by atoms with Gasteiger partial charge in [0.2, 0.25) is 11.8 Å². The lowest BCUT2D eigenvalue weighted by Gasteiger charge is -2.19. The maximum Gasteiger partial charge on any atom is 0.398 e. The first-order chi connectivity index (χ1) is 10.8. The van der Waals surface area contributed by atoms with E-state index in [1.54, 1.807) is 0 Å². The highest BCUT2D eigenvalue weighted by Crippen LogP contribution is 2.58. The van der Waals surface area contributed by atoms with Crippen LogP contribution in [0.2, 0.25) is 0 Å². The Morgan fingerprint density at radius 3 is 2.22 bits per heavy atom. The molecule has 2 N–H and O–H groups in total. The summed E-state index contributed by atoms with van der Waals surface area (Å²) in [5.41, 5.74) is 3.89. The molecule has 1 amide bonds. The molecule has 1 aliphatic rings. The van der Waals surface area contributed by atoms with Crippen molar-refractivity contribution >= 4 is 5.91 Å². The molecule has 1 saturated carbocycles. The molecular weight excluding hydrogens is 309 g/mol. The summed E-state index contributed by atoms with van der Waals surface area (Å²) < 4.78 is 44.6. The Morgan fingerprint density at radius 2 is 1.78 bits per heavy atom. The Bertz CT molecular complexity index is 720. The zero-order valence-electron chi connectivity index (χ0n) is 11.9. The summed E-state index contributed by atoms with van der Waals surface area (Å²) in [4.78, 5) is 14.9. The third-order valence-corrected chi connectivity index (χ3v) is 3.94. The van der Waals surface area contributed by atoms with E-state index in [0.717, 1.165) is 0 Å². The van der Waals surface area contributed by atoms with Gasteiger partial charge in [0, 0.05) is 12.3 Å². The van der Waals surface area contributed by atoms with Gasteiger partial charge in [0.05, 0.1) is 11.0 Å². The minimum Gasteiger partial charge on any atom is -0.439 e. The normalized spacial score (nSPS) is 16.0. The minimum absolute atomic E-state index is 0.118. The van der Waals surface area contributed by atoms with Crippen LogP contribution in [-0.4, -0.2) is 17.1 Å². The lowest BCUT2D eigenvalue weighted by Crippen LogP contribution is -2.28. The zero-order chi connectivity index (χ0) is 16.7. The van der Waals surface area contributed by atoms with Crippen LogP contribution in [0.3, 0.4) is 0 Å². The van der Waals surface area contributed by atoms with Crippen LogP contribution in [0.1, 0.15) is 28.8 Å². The Labute approximate surface area is 130 Å². The molecule has 0 bridgehead atoms. The van der Waals surface area contributed by atoms with E-state index in [4.69, 9.17) is 10.5 Å². The number of primary amides is 1. The molecule has 23 heavy (non-hydrogen) atoms. The molecule has 0 radical (unpaired) electrons. The number of alkyl halides is 3. The van der Waals surface area contributed by atoms with Crippen LogP contribution in [0.4, 0.5) is 13.2 Å². The zero-order valence-corrected chi connectivity index (χ0v) is 11.9. The number of nitrogens with two attached hydrogens (primary N) is 1. The van der Waals surface area contributed by atoms with Crippen LogP contribution in [0.15, 0.2) is 42.6 Å². The topological polar surface area (TPSA) is 65.2 Å². The van der Waals surface area contributed by atoms with E-state index in [0.29, 0.717) is 5.75 Å². The molecule has 0 atom stereocenters. The third kappa shape index (κ3) is 2.86. The predicted molar refractivity (Wildman–Crippen MR) is 76.2 cm³/mol. The highest BCUT2D eigenvalue weighted by atomic mass is 19.4. The molecule has 1 fully saturated rings. The molecule has 0 unspecified atom stereocenters. The molecule has 4 nitrogen and oxygen atoms in total. The monoisotopic (exact) mass is 322 g/mol. The number of carbonyl (C=O) groups is 1. The molecule has 1 aliphatic carbocycles. The van der Waals surface area contributed by atoms with Crippen LogP contribution >= 0.6 is 0 Å². The Hall–Kier alpha value is -2.57. The smallest absolute Gasteiger partial charge is 0.398 e. The molecule has 120 valence electrons. The molecule has 0 saturated heterocycles. The van der Waals surface area contributed by atoms with Crippen LogP contribution in [0.25, 0.3) is 0 Å². The number of hydrogen-bond acceptors (Lipinski definition) is 3. The van der Waals surface area contributed by atoms with Crippen molar-refractivity contribution in [3.8, 4) is 11.6 Å². The fourth-order valence-corrected chi connectivity index (χ4v) is 2.41. The van der Waals surface area contributed by atoms with E-state index in [-0.39, 0.29) is 29.8 Å². The predicted octanol–water partition coefficient (Wildman–Crippen LogP) is 3.57. The molecule has 0 spiro atoms. The second kappa shape index (κ2) is 5.26. The van der Waals surface area contributed by atoms with Crippen LogP contribution in [0, 0.1) is 0 Å². The quantitative estimate of drug-likeness (QED) is 0.936. The van der Waals surface area contributed by atoms with Gasteiger partial charge in [-0.05, 0) is 36.6 Å². The molecule has 1 aromatic carbocycles. The average Bonchev–Trinajstić information content (AvgIpc) is 3.30. The SMILES string of the molecule is NC(=O)c1ccc(Oc2ccc(C3(C(F)(F)F)CC3)cc2)nc1. The number of amides is 1. The maximum atomic E-state index is 13.1. The minimum atomic E-state index is -4.23. The van der Waals surface area contributed by atoms with Gasteiger partial charge in [-0.3, -0.25) is 4.79 Å². The van der Waals surface area contributed by atoms with Gasteiger partial charge in [0.15, 0.2) is 0 Å². The summed E-state index contributed by atoms with van der Waals surface area (Å²) in [6.07, 6.45) is -2.73. The van der Waals surface area contributed by atoms with Gasteiger partial charge in [0.1, 0.15) is 5.75 Å². The summed E-state index contributed by atoms with van der Waals surface area (Å²) in [5.74, 6) is -0.0129. The van der Waals surface area contributed by atoms with Gasteiger partial charge >= 0.3 is 6.18 Å². The number of carbonyl (C=O) groups excluding carboxylic acids is 1. The van der Waals surface area contributed by atoms with E-state index in [1.807, 2.05) is 0 Å². The number of halogens is 3. The lowest BCUT2D eigenvalue weighted by atomic mass is 9.95. The molecule has 0 aliphatic heterocycles. The number of pyridine rings is 1. The van der Waals surface area contributed by atoms with Crippen molar-refractivity contribution < 1.29 is 22.7 Å². The van der Waals surface area contributed by atoms with E-state index >= 15 is 0 Å². The third-order valence-electron chi connectivity index (χ3n) is 3.94. The standard InChI is InChI=1S/C16H13F3N2O2/c17-16(18,19)15(7-8-15)11-2-4-12(5-3-11)23-13-6-1-10(9-21-13)14(20)22/h1-6,9H,7-8H2,(H2,20,22). The number of rotatable bonds is 4. The van der Waals surface area contributed by atoms with Crippen LogP contribution in [0.5, 0.6) is 11.6 Å². The van der Waals surface area contributed by atoms with Crippen molar-refractivity contribution in [3.63, 3.8) is 0 Å². The van der Waals surface area contributed by atoms with E-state index in [2.05, 4.69) is 4.98 Å². The maximum absolute atomic E-state index is 13.1. The van der Waals surface area contributed by atoms with Crippen molar-refractivity contribution in [1.29, 1.82) is 0 Å². The summed E-state index contributed by atoms with van der Waals surface area (Å²) in [6, 6.07) is 8.73. The van der Waals surface area contributed by atoms with Crippen LogP contribution in [-0.2, 0) is 5.41 Å². The van der Waals surface area contributed by atoms with Gasteiger partial charge in [-0.25, -0.2) is 4.98 Å². The first-order valence-electron chi connectivity index (χ1n) is 6.93. The lowest BCUT2D eigenvalue weighted by molar-refractivity contribution is -0.160. The number of nitrogens with zero attached hydrogens (tertiary/aromatic N) is 1. The largest absolute Gasteiger partial charge is 0.439 e. The summed E-state index contributed by atoms with van der Waals surface area (Å²) in [7, 11) is 0. The fraction of sp³-hybridized carbons (Fsp3) is 0.250. The van der Waals surface area contributed by atoms with Gasteiger partial charge in [-0.15, -0.1) is 0 Å². The molecule has 7 heteroatoms. The molecule has 1 aromatic heterocycles. The van der Waals surface area contributed by atoms with Gasteiger partial charge in [-0.1, -0.05) is 12.1 Å². The molecule has 2 aromatic rings. The second-order valence-electron chi connectivity index (χ2n) is 5.46. The van der Waals surface area contributed by atoms with Crippen molar-refractivity contribution in [2.45, 2.75) is 24.4 Å². The molecule has 3 rings (SSSR count).